The molecular weight excluding hydrogens is 386 g/mol. The lowest BCUT2D eigenvalue weighted by Crippen LogP contribution is -2.51. The van der Waals surface area contributed by atoms with Gasteiger partial charge in [-0.15, -0.1) is 0 Å². The van der Waals surface area contributed by atoms with Gasteiger partial charge in [0.1, 0.15) is 6.04 Å². The van der Waals surface area contributed by atoms with Crippen LogP contribution in [0.25, 0.3) is 0 Å². The summed E-state index contributed by atoms with van der Waals surface area (Å²) in [5.74, 6) is 0.963. The molecule has 1 fully saturated rings. The Morgan fingerprint density at radius 2 is 1.96 bits per heavy atom. The Morgan fingerprint density at radius 1 is 1.21 bits per heavy atom. The van der Waals surface area contributed by atoms with Crippen molar-refractivity contribution in [3.05, 3.63) is 18.2 Å². The van der Waals surface area contributed by atoms with Crippen molar-refractivity contribution in [3.8, 4) is 11.5 Å². The molecule has 3 N–H and O–H groups in total. The third-order valence-corrected chi connectivity index (χ3v) is 6.30. The van der Waals surface area contributed by atoms with E-state index in [1.165, 1.54) is 0 Å². The molecule has 0 unspecified atom stereocenters. The fourth-order valence-electron chi connectivity index (χ4n) is 3.20. The van der Waals surface area contributed by atoms with Gasteiger partial charge in [0, 0.05) is 17.8 Å². The first kappa shape index (κ1) is 20.2. The van der Waals surface area contributed by atoms with E-state index in [0.29, 0.717) is 30.0 Å². The van der Waals surface area contributed by atoms with E-state index in [4.69, 9.17) is 9.47 Å². The second kappa shape index (κ2) is 8.26. The lowest BCUT2D eigenvalue weighted by molar-refractivity contribution is -0.118. The zero-order valence-corrected chi connectivity index (χ0v) is 16.7. The van der Waals surface area contributed by atoms with Crippen LogP contribution in [0.5, 0.6) is 11.5 Å². The number of fused-ring (bicyclic) bond motifs is 1. The fourth-order valence-corrected chi connectivity index (χ4v) is 4.87. The van der Waals surface area contributed by atoms with E-state index in [9.17, 15) is 18.0 Å². The van der Waals surface area contributed by atoms with Gasteiger partial charge in [-0.25, -0.2) is 13.2 Å². The second-order valence-corrected chi connectivity index (χ2v) is 9.69. The molecule has 0 radical (unpaired) electrons. The van der Waals surface area contributed by atoms with Crippen LogP contribution in [0.4, 0.5) is 10.5 Å². The highest BCUT2D eigenvalue weighted by molar-refractivity contribution is 7.91. The Kier molecular flexibility index (Phi) is 5.97. The predicted octanol–water partition coefficient (Wildman–Crippen LogP) is 1.25. The first-order valence-corrected chi connectivity index (χ1v) is 11.0. The number of nitrogens with one attached hydrogen (secondary N) is 3. The summed E-state index contributed by atoms with van der Waals surface area (Å²) in [5.41, 5.74) is 0.534. The van der Waals surface area contributed by atoms with E-state index in [1.54, 1.807) is 18.2 Å². The third kappa shape index (κ3) is 5.28. The summed E-state index contributed by atoms with van der Waals surface area (Å²) in [5, 5.41) is 8.08. The van der Waals surface area contributed by atoms with Gasteiger partial charge in [-0.1, -0.05) is 13.8 Å². The van der Waals surface area contributed by atoms with Gasteiger partial charge in [-0.3, -0.25) is 4.79 Å². The van der Waals surface area contributed by atoms with Crippen LogP contribution in [0.15, 0.2) is 18.2 Å². The molecule has 0 bridgehead atoms. The zero-order chi connectivity index (χ0) is 20.3. The molecule has 28 heavy (non-hydrogen) atoms. The van der Waals surface area contributed by atoms with Crippen LogP contribution in [0.3, 0.4) is 0 Å². The quantitative estimate of drug-likeness (QED) is 0.648. The molecule has 2 atom stereocenters. The fraction of sp³-hybridized carbons (Fsp3) is 0.556. The molecule has 10 heteroatoms. The van der Waals surface area contributed by atoms with Crippen molar-refractivity contribution in [1.82, 2.24) is 10.6 Å². The minimum absolute atomic E-state index is 0.0674. The van der Waals surface area contributed by atoms with Gasteiger partial charge in [0.25, 0.3) is 0 Å². The molecule has 1 saturated heterocycles. The van der Waals surface area contributed by atoms with Crippen molar-refractivity contribution in [1.29, 1.82) is 0 Å². The molecule has 3 rings (SSSR count). The minimum atomic E-state index is -3.09. The number of hydrogen-bond donors (Lipinski definition) is 3. The van der Waals surface area contributed by atoms with Crippen molar-refractivity contribution in [3.63, 3.8) is 0 Å². The molecule has 0 aliphatic carbocycles. The van der Waals surface area contributed by atoms with Crippen LogP contribution >= 0.6 is 0 Å². The molecule has 0 spiro atoms. The van der Waals surface area contributed by atoms with Gasteiger partial charge in [0.05, 0.1) is 11.5 Å². The van der Waals surface area contributed by atoms with Crippen molar-refractivity contribution < 1.29 is 27.5 Å². The monoisotopic (exact) mass is 411 g/mol. The Bertz CT molecular complexity index is 855. The topological polar surface area (TPSA) is 123 Å². The molecular formula is C18H25N3O6S. The molecule has 0 saturated carbocycles. The van der Waals surface area contributed by atoms with Gasteiger partial charge in [0.2, 0.25) is 12.7 Å². The normalized spacial score (nSPS) is 20.6. The lowest BCUT2D eigenvalue weighted by Gasteiger charge is -2.21. The smallest absolute Gasteiger partial charge is 0.315 e. The summed E-state index contributed by atoms with van der Waals surface area (Å²) in [6.07, 6.45) is 0.820. The second-order valence-electron chi connectivity index (χ2n) is 7.46. The van der Waals surface area contributed by atoms with Crippen LogP contribution in [0.1, 0.15) is 26.7 Å². The lowest BCUT2D eigenvalue weighted by atomic mass is 10.0. The number of sulfone groups is 1. The van der Waals surface area contributed by atoms with Gasteiger partial charge in [0.15, 0.2) is 21.3 Å². The maximum Gasteiger partial charge on any atom is 0.315 e. The van der Waals surface area contributed by atoms with Crippen LogP contribution in [-0.4, -0.2) is 50.7 Å². The molecule has 154 valence electrons. The van der Waals surface area contributed by atoms with Gasteiger partial charge >= 0.3 is 6.03 Å². The van der Waals surface area contributed by atoms with Crippen molar-refractivity contribution in [2.24, 2.45) is 5.92 Å². The number of ether oxygens (including phenoxy) is 2. The van der Waals surface area contributed by atoms with E-state index < -0.39 is 28.0 Å². The number of urea groups is 1. The Balaban J connectivity index is 1.60. The van der Waals surface area contributed by atoms with E-state index >= 15 is 0 Å². The van der Waals surface area contributed by atoms with Crippen LogP contribution in [0, 0.1) is 5.92 Å². The van der Waals surface area contributed by atoms with Gasteiger partial charge < -0.3 is 25.4 Å². The predicted molar refractivity (Wildman–Crippen MR) is 103 cm³/mol. The highest BCUT2D eigenvalue weighted by Gasteiger charge is 2.30. The van der Waals surface area contributed by atoms with Crippen LogP contribution in [-0.2, 0) is 14.6 Å². The molecule has 2 heterocycles. The van der Waals surface area contributed by atoms with E-state index in [1.807, 2.05) is 13.8 Å². The first-order valence-electron chi connectivity index (χ1n) is 9.20. The maximum atomic E-state index is 12.7. The molecule has 1 aromatic carbocycles. The van der Waals surface area contributed by atoms with Crippen molar-refractivity contribution >= 4 is 27.5 Å². The van der Waals surface area contributed by atoms with Crippen molar-refractivity contribution in [2.45, 2.75) is 38.8 Å². The van der Waals surface area contributed by atoms with E-state index in [-0.39, 0.29) is 30.1 Å². The van der Waals surface area contributed by atoms with Gasteiger partial charge in [-0.2, -0.15) is 0 Å². The highest BCUT2D eigenvalue weighted by Crippen LogP contribution is 2.34. The molecule has 2 aliphatic heterocycles. The number of carbonyl (C=O) groups excluding carboxylic acids is 2. The number of rotatable bonds is 6. The number of benzene rings is 1. The van der Waals surface area contributed by atoms with Crippen molar-refractivity contribution in [2.75, 3.05) is 23.6 Å². The van der Waals surface area contributed by atoms with E-state index in [2.05, 4.69) is 16.0 Å². The number of anilines is 1. The third-order valence-electron chi connectivity index (χ3n) is 4.54. The minimum Gasteiger partial charge on any atom is -0.454 e. The molecule has 9 nitrogen and oxygen atoms in total. The summed E-state index contributed by atoms with van der Waals surface area (Å²) >= 11 is 0. The Labute approximate surface area is 164 Å². The Hall–Kier alpha value is -2.49. The van der Waals surface area contributed by atoms with Crippen LogP contribution in [0.2, 0.25) is 0 Å². The zero-order valence-electron chi connectivity index (χ0n) is 15.9. The Morgan fingerprint density at radius 3 is 2.64 bits per heavy atom. The summed E-state index contributed by atoms with van der Waals surface area (Å²) in [4.78, 5) is 25.0. The number of amides is 3. The molecule has 1 aromatic rings. The summed E-state index contributed by atoms with van der Waals surface area (Å²) in [7, 11) is -3.09. The largest absolute Gasteiger partial charge is 0.454 e. The maximum absolute atomic E-state index is 12.7. The number of carbonyl (C=O) groups is 2. The van der Waals surface area contributed by atoms with Gasteiger partial charge in [-0.05, 0) is 30.9 Å². The highest BCUT2D eigenvalue weighted by atomic mass is 32.2. The molecule has 0 aromatic heterocycles. The van der Waals surface area contributed by atoms with Crippen LogP contribution < -0.4 is 25.4 Å². The summed E-state index contributed by atoms with van der Waals surface area (Å²) in [6, 6.07) is 3.33. The average Bonchev–Trinajstić information content (AvgIpc) is 3.19. The first-order chi connectivity index (χ1) is 13.2. The standard InChI is InChI=1S/C18H25N3O6S/c1-11(2)7-14(21-18(23)20-13-5-6-28(24,25)9-13)17(22)19-12-3-4-15-16(8-12)27-10-26-15/h3-4,8,11,13-14H,5-7,9-10H2,1-2H3,(H,19,22)(H2,20,21,23)/t13-,14-/m0/s1. The number of hydrogen-bond acceptors (Lipinski definition) is 6. The SMILES string of the molecule is CC(C)C[C@H](NC(=O)N[C@H]1CCS(=O)(=O)C1)C(=O)Nc1ccc2c(c1)OCO2. The summed E-state index contributed by atoms with van der Waals surface area (Å²) < 4.78 is 33.6. The van der Waals surface area contributed by atoms with E-state index in [0.717, 1.165) is 0 Å². The molecule has 2 aliphatic rings. The average molecular weight is 411 g/mol. The molecule has 3 amide bonds. The summed E-state index contributed by atoms with van der Waals surface area (Å²) in [6.45, 7) is 4.04.